The van der Waals surface area contributed by atoms with Gasteiger partial charge in [0.15, 0.2) is 5.96 Å². The highest BCUT2D eigenvalue weighted by atomic mass is 127. The molecule has 2 fully saturated rings. The number of alkyl halides is 5. The summed E-state index contributed by atoms with van der Waals surface area (Å²) in [6.07, 6.45) is -2.34. The summed E-state index contributed by atoms with van der Waals surface area (Å²) in [5, 5.41) is 20.5. The molecule has 14 heteroatoms. The van der Waals surface area contributed by atoms with Crippen LogP contribution in [0.25, 0.3) is 0 Å². The summed E-state index contributed by atoms with van der Waals surface area (Å²) in [6, 6.07) is -1.15. The molecule has 0 aromatic heterocycles. The second-order valence-electron chi connectivity index (χ2n) is 9.79. The van der Waals surface area contributed by atoms with Gasteiger partial charge in [-0.1, -0.05) is 45.2 Å². The van der Waals surface area contributed by atoms with Crippen LogP contribution in [-0.2, 0) is 14.4 Å². The molecule has 0 radical (unpaired) electrons. The van der Waals surface area contributed by atoms with Crippen LogP contribution in [0.1, 0.15) is 44.9 Å². The van der Waals surface area contributed by atoms with Crippen LogP contribution in [0.3, 0.4) is 0 Å². The molecule has 204 valence electrons. The van der Waals surface area contributed by atoms with Gasteiger partial charge in [0.05, 0.1) is 25.4 Å². The Morgan fingerprint density at radius 2 is 1.78 bits per heavy atom. The lowest BCUT2D eigenvalue weighted by Crippen LogP contribution is -2.51. The zero-order valence-corrected chi connectivity index (χ0v) is 23.9. The predicted octanol–water partition coefficient (Wildman–Crippen LogP) is 2.37. The van der Waals surface area contributed by atoms with Crippen molar-refractivity contribution in [3.05, 3.63) is 0 Å². The lowest BCUT2D eigenvalue weighted by atomic mass is 9.77. The molecule has 0 aromatic carbocycles. The minimum Gasteiger partial charge on any atom is -0.481 e. The first-order chi connectivity index (χ1) is 16.9. The van der Waals surface area contributed by atoms with E-state index >= 15 is 0 Å². The Morgan fingerprint density at radius 1 is 1.08 bits per heavy atom. The van der Waals surface area contributed by atoms with Gasteiger partial charge in [-0.3, -0.25) is 19.4 Å². The average Bonchev–Trinajstić information content (AvgIpc) is 3.28. The number of carbonyl (C=O) groups is 3. The normalized spacial score (nSPS) is 31.5. The van der Waals surface area contributed by atoms with Crippen LogP contribution < -0.4 is 21.3 Å². The smallest absolute Gasteiger partial charge is 0.391 e. The molecule has 2 amide bonds. The third-order valence-corrected chi connectivity index (χ3v) is 8.95. The van der Waals surface area contributed by atoms with Gasteiger partial charge in [0.25, 0.3) is 0 Å². The summed E-state index contributed by atoms with van der Waals surface area (Å²) in [5.74, 6) is -4.28. The molecule has 36 heavy (non-hydrogen) atoms. The fourth-order valence-electron chi connectivity index (χ4n) is 5.25. The Balaban J connectivity index is 1.56. The maximum Gasteiger partial charge on any atom is 0.391 e. The number of carboxylic acid groups (broad SMARTS) is 1. The van der Waals surface area contributed by atoms with Gasteiger partial charge in [-0.05, 0) is 44.4 Å². The van der Waals surface area contributed by atoms with Crippen LogP contribution in [-0.4, -0.2) is 74.6 Å². The molecule has 3 rings (SSSR count). The van der Waals surface area contributed by atoms with Gasteiger partial charge in [-0.15, -0.1) is 0 Å². The van der Waals surface area contributed by atoms with E-state index in [1.807, 2.05) is 0 Å². The van der Waals surface area contributed by atoms with E-state index in [9.17, 15) is 32.7 Å². The lowest BCUT2D eigenvalue weighted by molar-refractivity contribution is -0.188. The van der Waals surface area contributed by atoms with E-state index in [2.05, 4.69) is 71.4 Å². The van der Waals surface area contributed by atoms with Crippen molar-refractivity contribution in [1.29, 1.82) is 0 Å². The van der Waals surface area contributed by atoms with Crippen LogP contribution in [0, 0.1) is 17.8 Å². The number of carbonyl (C=O) groups excluding carboxylic acids is 2. The van der Waals surface area contributed by atoms with Crippen molar-refractivity contribution >= 4 is 68.9 Å². The second-order valence-corrected chi connectivity index (χ2v) is 13.3. The van der Waals surface area contributed by atoms with Crippen molar-refractivity contribution in [1.82, 2.24) is 21.3 Å². The van der Waals surface area contributed by atoms with Crippen LogP contribution in [0.15, 0.2) is 4.99 Å². The van der Waals surface area contributed by atoms with Gasteiger partial charge in [0.2, 0.25) is 11.8 Å². The minimum absolute atomic E-state index is 0.00290. The molecule has 0 bridgehead atoms. The van der Waals surface area contributed by atoms with Crippen LogP contribution >= 0.6 is 45.2 Å². The summed E-state index contributed by atoms with van der Waals surface area (Å²) in [6.45, 7) is 0.734. The summed E-state index contributed by atoms with van der Waals surface area (Å²) >= 11 is 4.69. The molecule has 9 nitrogen and oxygen atoms in total. The molecule has 3 aliphatic rings. The Kier molecular flexibility index (Phi) is 10.8. The summed E-state index contributed by atoms with van der Waals surface area (Å²) < 4.78 is 41.4. The number of nitrogens with one attached hydrogen (secondary N) is 4. The highest BCUT2D eigenvalue weighted by molar-refractivity contribution is 14.1. The highest BCUT2D eigenvalue weighted by Crippen LogP contribution is 2.40. The third-order valence-electron chi connectivity index (χ3n) is 6.92. The Labute approximate surface area is 235 Å². The summed E-state index contributed by atoms with van der Waals surface area (Å²) in [4.78, 5) is 40.9. The van der Waals surface area contributed by atoms with Crippen molar-refractivity contribution in [2.24, 2.45) is 22.7 Å². The van der Waals surface area contributed by atoms with E-state index in [0.29, 0.717) is 26.9 Å². The number of aliphatic carboxylic acids is 1. The Morgan fingerprint density at radius 3 is 2.36 bits per heavy atom. The van der Waals surface area contributed by atoms with Gasteiger partial charge in [-0.2, -0.15) is 13.2 Å². The molecule has 0 aromatic rings. The first-order valence-electron chi connectivity index (χ1n) is 12.1. The van der Waals surface area contributed by atoms with E-state index in [1.54, 1.807) is 0 Å². The fourth-order valence-corrected chi connectivity index (χ4v) is 8.76. The van der Waals surface area contributed by atoms with E-state index in [0.717, 1.165) is 19.3 Å². The van der Waals surface area contributed by atoms with Crippen molar-refractivity contribution in [2.45, 2.75) is 71.1 Å². The average molecular weight is 741 g/mol. The number of hydrogen-bond donors (Lipinski definition) is 5. The zero-order chi connectivity index (χ0) is 26.5. The molecule has 6 atom stereocenters. The zero-order valence-electron chi connectivity index (χ0n) is 19.6. The number of carboxylic acids is 1. The molecule has 6 unspecified atom stereocenters. The van der Waals surface area contributed by atoms with Crippen molar-refractivity contribution in [3.8, 4) is 0 Å². The standard InChI is InChI=1S/C22H32F3I2N5O4/c23-22(24,25)13-3-12(6-16(7-13)31-21-28-1-2-29-21)20(36)30-10-18(33)32-17(9-19(34)35)11-4-14(26)8-15(27)5-11/h11-17H,1-10H2,(H,30,36)(H,32,33)(H,34,35)(H2,28,29,31). The van der Waals surface area contributed by atoms with Crippen molar-refractivity contribution < 1.29 is 32.7 Å². The number of rotatable bonds is 8. The fraction of sp³-hybridized carbons (Fsp3) is 0.818. The van der Waals surface area contributed by atoms with E-state index in [-0.39, 0.29) is 31.6 Å². The number of amides is 2. The van der Waals surface area contributed by atoms with E-state index < -0.39 is 54.4 Å². The SMILES string of the molecule is O=C(O)CC(NC(=O)CNC(=O)C1CC(NC2=NCCN2)CC(C(F)(F)F)C1)C1CC(I)CC(I)C1. The molecular formula is C22H32F3I2N5O4. The molecular weight excluding hydrogens is 709 g/mol. The van der Waals surface area contributed by atoms with E-state index in [4.69, 9.17) is 0 Å². The monoisotopic (exact) mass is 741 g/mol. The molecule has 0 saturated heterocycles. The molecule has 0 spiro atoms. The van der Waals surface area contributed by atoms with Crippen molar-refractivity contribution in [2.75, 3.05) is 19.6 Å². The van der Waals surface area contributed by atoms with Crippen LogP contribution in [0.5, 0.6) is 0 Å². The van der Waals surface area contributed by atoms with Gasteiger partial charge >= 0.3 is 12.1 Å². The number of halogens is 5. The minimum atomic E-state index is -4.43. The maximum absolute atomic E-state index is 13.5. The van der Waals surface area contributed by atoms with Gasteiger partial charge < -0.3 is 26.4 Å². The van der Waals surface area contributed by atoms with Gasteiger partial charge in [-0.25, -0.2) is 0 Å². The molecule has 1 heterocycles. The van der Waals surface area contributed by atoms with Crippen molar-refractivity contribution in [3.63, 3.8) is 0 Å². The Hall–Kier alpha value is -1.07. The first-order valence-corrected chi connectivity index (χ1v) is 14.6. The number of guanidine groups is 1. The topological polar surface area (TPSA) is 132 Å². The summed E-state index contributed by atoms with van der Waals surface area (Å²) in [7, 11) is 0. The second kappa shape index (κ2) is 13.1. The van der Waals surface area contributed by atoms with Gasteiger partial charge in [0, 0.05) is 32.4 Å². The first kappa shape index (κ1) is 29.5. The maximum atomic E-state index is 13.5. The number of nitrogens with zero attached hydrogens (tertiary/aromatic N) is 1. The summed E-state index contributed by atoms with van der Waals surface area (Å²) in [5.41, 5.74) is 0. The molecule has 1 aliphatic heterocycles. The number of hydrogen-bond acceptors (Lipinski definition) is 6. The number of aliphatic imine (C=N–C) groups is 1. The largest absolute Gasteiger partial charge is 0.481 e. The predicted molar refractivity (Wildman–Crippen MR) is 144 cm³/mol. The van der Waals surface area contributed by atoms with Crippen LogP contribution in [0.2, 0.25) is 0 Å². The highest BCUT2D eigenvalue weighted by Gasteiger charge is 2.46. The quantitative estimate of drug-likeness (QED) is 0.192. The third kappa shape index (κ3) is 9.04. The molecule has 2 aliphatic carbocycles. The molecule has 5 N–H and O–H groups in total. The lowest BCUT2D eigenvalue weighted by Gasteiger charge is -2.36. The van der Waals surface area contributed by atoms with Gasteiger partial charge in [0.1, 0.15) is 0 Å². The Bertz CT molecular complexity index is 837. The molecule has 2 saturated carbocycles. The van der Waals surface area contributed by atoms with E-state index in [1.165, 1.54) is 0 Å². The van der Waals surface area contributed by atoms with Crippen LogP contribution in [0.4, 0.5) is 13.2 Å².